The van der Waals surface area contributed by atoms with Crippen LogP contribution in [0.25, 0.3) is 11.1 Å². The zero-order chi connectivity index (χ0) is 15.5. The predicted octanol–water partition coefficient (Wildman–Crippen LogP) is 3.33. The fourth-order valence-electron chi connectivity index (χ4n) is 2.73. The van der Waals surface area contributed by atoms with E-state index in [0.717, 1.165) is 30.2 Å². The Balaban J connectivity index is 1.71. The van der Waals surface area contributed by atoms with Gasteiger partial charge in [-0.1, -0.05) is 48.0 Å². The molecule has 3 nitrogen and oxygen atoms in total. The number of rotatable bonds is 3. The van der Waals surface area contributed by atoms with Crippen LogP contribution in [0.5, 0.6) is 0 Å². The van der Waals surface area contributed by atoms with Crippen molar-refractivity contribution in [2.24, 2.45) is 0 Å². The van der Waals surface area contributed by atoms with E-state index < -0.39 is 0 Å². The maximum atomic E-state index is 11.7. The smallest absolute Gasteiger partial charge is 0.237 e. The first-order chi connectivity index (χ1) is 10.6. The topological polar surface area (TPSA) is 32.3 Å². The van der Waals surface area contributed by atoms with Crippen molar-refractivity contribution in [3.63, 3.8) is 0 Å². The lowest BCUT2D eigenvalue weighted by Gasteiger charge is -2.32. The lowest BCUT2D eigenvalue weighted by molar-refractivity contribution is -0.128. The minimum Gasteiger partial charge on any atom is -0.353 e. The molecule has 1 atom stereocenters. The van der Waals surface area contributed by atoms with Crippen molar-refractivity contribution in [3.8, 4) is 11.1 Å². The first-order valence-electron chi connectivity index (χ1n) is 7.50. The van der Waals surface area contributed by atoms with E-state index in [2.05, 4.69) is 34.5 Å². The number of piperazine rings is 1. The Labute approximate surface area is 135 Å². The zero-order valence-electron chi connectivity index (χ0n) is 12.6. The van der Waals surface area contributed by atoms with Crippen LogP contribution in [0, 0.1) is 0 Å². The molecule has 2 aromatic carbocycles. The number of carbonyl (C=O) groups excluding carboxylic acids is 1. The molecule has 1 amide bonds. The van der Waals surface area contributed by atoms with Crippen LogP contribution >= 0.6 is 11.6 Å². The Bertz CT molecular complexity index is 652. The van der Waals surface area contributed by atoms with Crippen LogP contribution in [-0.2, 0) is 11.3 Å². The molecule has 1 heterocycles. The highest BCUT2D eigenvalue weighted by Crippen LogP contribution is 2.22. The summed E-state index contributed by atoms with van der Waals surface area (Å²) in [7, 11) is 0. The number of carbonyl (C=O) groups is 1. The van der Waals surface area contributed by atoms with Gasteiger partial charge in [-0.3, -0.25) is 9.69 Å². The number of hydrogen-bond donors (Lipinski definition) is 1. The molecule has 4 heteroatoms. The monoisotopic (exact) mass is 314 g/mol. The van der Waals surface area contributed by atoms with E-state index in [0.29, 0.717) is 0 Å². The molecule has 0 aromatic heterocycles. The summed E-state index contributed by atoms with van der Waals surface area (Å²) in [5.41, 5.74) is 3.55. The second-order valence-electron chi connectivity index (χ2n) is 5.64. The van der Waals surface area contributed by atoms with Crippen molar-refractivity contribution in [2.45, 2.75) is 19.5 Å². The molecule has 22 heavy (non-hydrogen) atoms. The number of hydrogen-bond acceptors (Lipinski definition) is 2. The largest absolute Gasteiger partial charge is 0.353 e. The average molecular weight is 315 g/mol. The van der Waals surface area contributed by atoms with E-state index >= 15 is 0 Å². The van der Waals surface area contributed by atoms with Crippen LogP contribution < -0.4 is 5.32 Å². The molecule has 0 bridgehead atoms. The molecule has 0 spiro atoms. The van der Waals surface area contributed by atoms with Gasteiger partial charge in [0, 0.05) is 24.7 Å². The molecule has 1 fully saturated rings. The van der Waals surface area contributed by atoms with Gasteiger partial charge in [0.15, 0.2) is 0 Å². The third-order valence-electron chi connectivity index (χ3n) is 4.14. The molecule has 0 saturated carbocycles. The van der Waals surface area contributed by atoms with E-state index in [1.807, 2.05) is 31.2 Å². The molecular formula is C18H19ClN2O. The van der Waals surface area contributed by atoms with Gasteiger partial charge in [0.2, 0.25) is 5.91 Å². The van der Waals surface area contributed by atoms with Gasteiger partial charge < -0.3 is 5.32 Å². The molecule has 0 unspecified atom stereocenters. The molecule has 0 aliphatic carbocycles. The quantitative estimate of drug-likeness (QED) is 0.942. The van der Waals surface area contributed by atoms with Gasteiger partial charge in [0.25, 0.3) is 0 Å². The van der Waals surface area contributed by atoms with Crippen molar-refractivity contribution < 1.29 is 4.79 Å². The van der Waals surface area contributed by atoms with Crippen LogP contribution in [0.2, 0.25) is 5.02 Å². The minimum atomic E-state index is -0.0651. The van der Waals surface area contributed by atoms with Gasteiger partial charge in [-0.25, -0.2) is 0 Å². The third kappa shape index (κ3) is 3.32. The molecule has 2 aromatic rings. The Morgan fingerprint density at radius 1 is 1.09 bits per heavy atom. The molecule has 1 aliphatic rings. The summed E-state index contributed by atoms with van der Waals surface area (Å²) >= 11 is 5.92. The van der Waals surface area contributed by atoms with E-state index in [4.69, 9.17) is 11.6 Å². The minimum absolute atomic E-state index is 0.0651. The summed E-state index contributed by atoms with van der Waals surface area (Å²) in [6, 6.07) is 16.3. The van der Waals surface area contributed by atoms with Crippen LogP contribution in [0.4, 0.5) is 0 Å². The molecule has 3 rings (SSSR count). The summed E-state index contributed by atoms with van der Waals surface area (Å²) < 4.78 is 0. The molecule has 1 N–H and O–H groups in total. The maximum absolute atomic E-state index is 11.7. The van der Waals surface area contributed by atoms with Crippen molar-refractivity contribution in [3.05, 3.63) is 59.1 Å². The van der Waals surface area contributed by atoms with Gasteiger partial charge in [-0.05, 0) is 35.7 Å². The van der Waals surface area contributed by atoms with Crippen molar-refractivity contribution in [1.82, 2.24) is 10.2 Å². The molecule has 1 aliphatic heterocycles. The fourth-order valence-corrected chi connectivity index (χ4v) is 2.85. The Morgan fingerprint density at radius 2 is 1.68 bits per heavy atom. The summed E-state index contributed by atoms with van der Waals surface area (Å²) in [6.45, 7) is 4.38. The number of nitrogens with one attached hydrogen (secondary N) is 1. The second-order valence-corrected chi connectivity index (χ2v) is 6.08. The van der Waals surface area contributed by atoms with E-state index in [9.17, 15) is 4.79 Å². The molecule has 0 radical (unpaired) electrons. The number of benzene rings is 2. The van der Waals surface area contributed by atoms with E-state index in [1.54, 1.807) is 0 Å². The molecule has 1 saturated heterocycles. The standard InChI is InChI=1S/C18H19ClN2O/c1-13-18(22)20-10-11-21(13)12-14-2-4-15(5-3-14)16-6-8-17(19)9-7-16/h2-9,13H,10-12H2,1H3,(H,20,22)/t13-/m0/s1. The first kappa shape index (κ1) is 15.1. The third-order valence-corrected chi connectivity index (χ3v) is 4.39. The second kappa shape index (κ2) is 6.51. The Hall–Kier alpha value is -1.84. The Kier molecular flexibility index (Phi) is 4.46. The maximum Gasteiger partial charge on any atom is 0.237 e. The summed E-state index contributed by atoms with van der Waals surface area (Å²) in [5.74, 6) is 0.115. The predicted molar refractivity (Wildman–Crippen MR) is 89.8 cm³/mol. The summed E-state index contributed by atoms with van der Waals surface area (Å²) in [5, 5.41) is 3.64. The van der Waals surface area contributed by atoms with Crippen LogP contribution in [0.1, 0.15) is 12.5 Å². The van der Waals surface area contributed by atoms with E-state index in [-0.39, 0.29) is 11.9 Å². The van der Waals surface area contributed by atoms with Gasteiger partial charge in [-0.15, -0.1) is 0 Å². The number of nitrogens with zero attached hydrogens (tertiary/aromatic N) is 1. The highest BCUT2D eigenvalue weighted by Gasteiger charge is 2.24. The van der Waals surface area contributed by atoms with Gasteiger partial charge in [-0.2, -0.15) is 0 Å². The first-order valence-corrected chi connectivity index (χ1v) is 7.88. The van der Waals surface area contributed by atoms with Crippen LogP contribution in [0.3, 0.4) is 0 Å². The lowest BCUT2D eigenvalue weighted by atomic mass is 10.0. The fraction of sp³-hybridized carbons (Fsp3) is 0.278. The van der Waals surface area contributed by atoms with E-state index in [1.165, 1.54) is 11.1 Å². The van der Waals surface area contributed by atoms with Crippen molar-refractivity contribution in [2.75, 3.05) is 13.1 Å². The molecular weight excluding hydrogens is 296 g/mol. The number of amides is 1. The average Bonchev–Trinajstić information content (AvgIpc) is 2.53. The highest BCUT2D eigenvalue weighted by atomic mass is 35.5. The zero-order valence-corrected chi connectivity index (χ0v) is 13.3. The highest BCUT2D eigenvalue weighted by molar-refractivity contribution is 6.30. The summed E-state index contributed by atoms with van der Waals surface area (Å²) in [4.78, 5) is 13.9. The SMILES string of the molecule is C[C@H]1C(=O)NCCN1Cc1ccc(-c2ccc(Cl)cc2)cc1. The van der Waals surface area contributed by atoms with Gasteiger partial charge in [0.05, 0.1) is 6.04 Å². The van der Waals surface area contributed by atoms with Gasteiger partial charge >= 0.3 is 0 Å². The summed E-state index contributed by atoms with van der Waals surface area (Å²) in [6.07, 6.45) is 0. The van der Waals surface area contributed by atoms with Crippen molar-refractivity contribution >= 4 is 17.5 Å². The van der Waals surface area contributed by atoms with Crippen LogP contribution in [0.15, 0.2) is 48.5 Å². The lowest BCUT2D eigenvalue weighted by Crippen LogP contribution is -2.53. The van der Waals surface area contributed by atoms with Crippen molar-refractivity contribution in [1.29, 1.82) is 0 Å². The number of halogens is 1. The van der Waals surface area contributed by atoms with Crippen LogP contribution in [-0.4, -0.2) is 29.9 Å². The van der Waals surface area contributed by atoms with Gasteiger partial charge in [0.1, 0.15) is 0 Å². The normalized spacial score (nSPS) is 19.0. The Morgan fingerprint density at radius 3 is 2.32 bits per heavy atom. The molecule has 114 valence electrons.